The van der Waals surface area contributed by atoms with Gasteiger partial charge >= 0.3 is 31.1 Å². The number of hydrogen-bond donors (Lipinski definition) is 1. The van der Waals surface area contributed by atoms with Gasteiger partial charge in [-0.25, -0.2) is 12.3 Å². The van der Waals surface area contributed by atoms with E-state index in [1.54, 1.807) is 6.92 Å². The summed E-state index contributed by atoms with van der Waals surface area (Å²) < 4.78 is 0. The van der Waals surface area contributed by atoms with E-state index in [0.717, 1.165) is 0 Å². The van der Waals surface area contributed by atoms with Crippen LogP contribution < -0.4 is 5.73 Å². The molecule has 0 bridgehead atoms. The van der Waals surface area contributed by atoms with Gasteiger partial charge in [-0.15, -0.1) is 6.92 Å². The third-order valence-corrected chi connectivity index (χ3v) is 1.09. The second-order valence-corrected chi connectivity index (χ2v) is 1.76. The van der Waals surface area contributed by atoms with Gasteiger partial charge < -0.3 is 17.4 Å². The molecule has 0 radical (unpaired) electrons. The van der Waals surface area contributed by atoms with Crippen LogP contribution in [-0.4, -0.2) is 0 Å². The number of nitrogens with zero attached hydrogens (tertiary/aromatic N) is 2. The molecule has 0 saturated carbocycles. The summed E-state index contributed by atoms with van der Waals surface area (Å²) in [6, 6.07) is 0. The van der Waals surface area contributed by atoms with Crippen molar-refractivity contribution in [1.29, 1.82) is 0 Å². The molecule has 0 aromatic heterocycles. The minimum atomic E-state index is 0. The topological polar surface area (TPSA) is 50.7 Å². The summed E-state index contributed by atoms with van der Waals surface area (Å²) in [6.07, 6.45) is 8.08. The average Bonchev–Trinajstić information content (AvgIpc) is 2.12. The fourth-order valence-corrected chi connectivity index (χ4v) is 0.561. The molecular weight excluding hydrogens is 388 g/mol. The largest absolute Gasteiger partial charge is 2.00 e. The monoisotopic (exact) mass is 399 g/mol. The Labute approximate surface area is 103 Å². The van der Waals surface area contributed by atoms with Gasteiger partial charge in [-0.2, -0.15) is 17.4 Å². The Kier molecular flexibility index (Phi) is 10.9. The van der Waals surface area contributed by atoms with Crippen LogP contribution >= 0.6 is 0 Å². The average molecular weight is 399 g/mol. The van der Waals surface area contributed by atoms with Crippen molar-refractivity contribution < 1.29 is 31.1 Å². The molecular formula is C9H11N3U. The van der Waals surface area contributed by atoms with E-state index in [0.29, 0.717) is 11.3 Å². The third kappa shape index (κ3) is 5.62. The number of azo groups is 1. The molecule has 0 saturated heterocycles. The molecule has 0 aromatic carbocycles. The van der Waals surface area contributed by atoms with Crippen LogP contribution in [0.25, 0.3) is 0 Å². The van der Waals surface area contributed by atoms with Crippen LogP contribution in [0.2, 0.25) is 0 Å². The maximum Gasteiger partial charge on any atom is 2.00 e. The van der Waals surface area contributed by atoms with Gasteiger partial charge in [0, 0.05) is 6.20 Å². The van der Waals surface area contributed by atoms with Crippen molar-refractivity contribution in [1.82, 2.24) is 0 Å². The SMILES string of the molecule is C=CN=NC(=[C-]C)C(=[C-]N)C=C.[U+2]. The molecule has 3 nitrogen and oxygen atoms in total. The van der Waals surface area contributed by atoms with Crippen LogP contribution in [0.15, 0.2) is 46.9 Å². The molecule has 0 rings (SSSR count). The van der Waals surface area contributed by atoms with Gasteiger partial charge in [0.15, 0.2) is 0 Å². The van der Waals surface area contributed by atoms with E-state index in [9.17, 15) is 0 Å². The zero-order valence-electron chi connectivity index (χ0n) is 7.54. The van der Waals surface area contributed by atoms with E-state index in [-0.39, 0.29) is 31.1 Å². The Morgan fingerprint density at radius 1 is 1.46 bits per heavy atom. The molecule has 2 N–H and O–H groups in total. The molecule has 66 valence electrons. The molecule has 13 heavy (non-hydrogen) atoms. The van der Waals surface area contributed by atoms with Crippen LogP contribution in [0.5, 0.6) is 0 Å². The Balaban J connectivity index is 0. The van der Waals surface area contributed by atoms with Crippen molar-refractivity contribution in [3.05, 3.63) is 49.0 Å². The second-order valence-electron chi connectivity index (χ2n) is 1.76. The summed E-state index contributed by atoms with van der Waals surface area (Å²) in [6.45, 7) is 8.64. The first-order chi connectivity index (χ1) is 5.79. The summed E-state index contributed by atoms with van der Waals surface area (Å²) in [5.74, 6) is 0. The molecule has 0 aromatic rings. The first-order valence-corrected chi connectivity index (χ1v) is 3.33. The number of allylic oxidation sites excluding steroid dienone is 2. The first kappa shape index (κ1) is 14.9. The minimum absolute atomic E-state index is 0. The molecule has 0 unspecified atom stereocenters. The summed E-state index contributed by atoms with van der Waals surface area (Å²) in [5.41, 5.74) is 6.26. The maximum absolute atomic E-state index is 5.18. The van der Waals surface area contributed by atoms with Crippen molar-refractivity contribution in [2.24, 2.45) is 16.0 Å². The molecule has 0 amide bonds. The number of hydrogen-bond acceptors (Lipinski definition) is 3. The predicted molar refractivity (Wildman–Crippen MR) is 48.6 cm³/mol. The molecule has 0 fully saturated rings. The van der Waals surface area contributed by atoms with Crippen molar-refractivity contribution >= 4 is 0 Å². The van der Waals surface area contributed by atoms with Crippen LogP contribution in [-0.2, 0) is 0 Å². The Morgan fingerprint density at radius 3 is 2.38 bits per heavy atom. The van der Waals surface area contributed by atoms with E-state index in [1.807, 2.05) is 0 Å². The minimum Gasteiger partial charge on any atom is -0.476 e. The second kappa shape index (κ2) is 9.50. The Bertz CT molecular complexity index is 252. The molecule has 4 heteroatoms. The molecule has 0 aliphatic rings. The van der Waals surface area contributed by atoms with Crippen LogP contribution in [0.3, 0.4) is 0 Å². The van der Waals surface area contributed by atoms with Crippen LogP contribution in [0, 0.1) is 43.4 Å². The summed E-state index contributed by atoms with van der Waals surface area (Å²) in [7, 11) is 0. The van der Waals surface area contributed by atoms with Gasteiger partial charge in [-0.3, -0.25) is 5.11 Å². The molecule has 0 atom stereocenters. The Morgan fingerprint density at radius 2 is 2.08 bits per heavy atom. The van der Waals surface area contributed by atoms with Gasteiger partial charge in [-0.1, -0.05) is 6.58 Å². The fourth-order valence-electron chi connectivity index (χ4n) is 0.561. The van der Waals surface area contributed by atoms with Gasteiger partial charge in [-0.05, 0) is 0 Å². The quantitative estimate of drug-likeness (QED) is 0.335. The van der Waals surface area contributed by atoms with Gasteiger partial charge in [0.2, 0.25) is 0 Å². The van der Waals surface area contributed by atoms with Crippen molar-refractivity contribution in [2.75, 3.05) is 0 Å². The van der Waals surface area contributed by atoms with E-state index in [4.69, 9.17) is 5.73 Å². The Hall–Kier alpha value is -0.588. The third-order valence-electron chi connectivity index (χ3n) is 1.09. The summed E-state index contributed by atoms with van der Waals surface area (Å²) in [5, 5.41) is 7.35. The zero-order chi connectivity index (χ0) is 9.40. The van der Waals surface area contributed by atoms with Crippen molar-refractivity contribution in [2.45, 2.75) is 6.92 Å². The van der Waals surface area contributed by atoms with Crippen LogP contribution in [0.1, 0.15) is 6.92 Å². The maximum atomic E-state index is 5.18. The molecule has 0 aliphatic carbocycles. The normalized spacial score (nSPS) is 12.4. The van der Waals surface area contributed by atoms with Crippen molar-refractivity contribution in [3.8, 4) is 0 Å². The molecule has 0 heterocycles. The summed E-state index contributed by atoms with van der Waals surface area (Å²) in [4.78, 5) is 0. The van der Waals surface area contributed by atoms with Gasteiger partial charge in [0.25, 0.3) is 0 Å². The predicted octanol–water partition coefficient (Wildman–Crippen LogP) is 2.12. The standard InChI is InChI=1S/C9H11N3.U/c1-4-8(7-10)9(5-2)12-11-6-3;/h4,6H,1,3,10H2,2H3;/q-2;+2. The fraction of sp³-hybridized carbons (Fsp3) is 0.111. The number of nitrogens with two attached hydrogens (primary N) is 1. The zero-order valence-corrected chi connectivity index (χ0v) is 11.7. The van der Waals surface area contributed by atoms with Crippen molar-refractivity contribution in [3.63, 3.8) is 0 Å². The van der Waals surface area contributed by atoms with Gasteiger partial charge in [0.1, 0.15) is 0 Å². The smallest absolute Gasteiger partial charge is 0.476 e. The molecule has 0 spiro atoms. The van der Waals surface area contributed by atoms with E-state index >= 15 is 0 Å². The van der Waals surface area contributed by atoms with Crippen LogP contribution in [0.4, 0.5) is 0 Å². The van der Waals surface area contributed by atoms with Gasteiger partial charge in [0.05, 0.1) is 0 Å². The number of rotatable bonds is 4. The van der Waals surface area contributed by atoms with E-state index in [1.165, 1.54) is 12.3 Å². The summed E-state index contributed by atoms with van der Waals surface area (Å²) >= 11 is 0. The molecule has 0 aliphatic heterocycles. The van der Waals surface area contributed by atoms with E-state index in [2.05, 4.69) is 35.7 Å². The van der Waals surface area contributed by atoms with E-state index < -0.39 is 0 Å². The first-order valence-electron chi connectivity index (χ1n) is 3.33.